The summed E-state index contributed by atoms with van der Waals surface area (Å²) in [7, 11) is 0. The first-order valence-electron chi connectivity index (χ1n) is 5.97. The van der Waals surface area contributed by atoms with Crippen LogP contribution >= 0.6 is 11.3 Å². The van der Waals surface area contributed by atoms with Gasteiger partial charge in [-0.05, 0) is 30.5 Å². The maximum absolute atomic E-state index is 12.1. The Morgan fingerprint density at radius 1 is 1.43 bits per heavy atom. The number of carboxylic acid groups (broad SMARTS) is 1. The minimum atomic E-state index is -1.14. The lowest BCUT2D eigenvalue weighted by atomic mass is 10.2. The van der Waals surface area contributed by atoms with Crippen molar-refractivity contribution in [3.63, 3.8) is 0 Å². The number of carbonyl (C=O) groups is 2. The fourth-order valence-corrected chi connectivity index (χ4v) is 2.49. The van der Waals surface area contributed by atoms with E-state index in [-0.39, 0.29) is 5.69 Å². The van der Waals surface area contributed by atoms with E-state index in [4.69, 9.17) is 5.26 Å². The SMILES string of the molecule is Cc1nc(C(=O)NC(C(=O)O)c2cccs2)ccc1C#N. The average molecular weight is 301 g/mol. The molecule has 2 aromatic heterocycles. The number of thiophene rings is 1. The molecule has 2 N–H and O–H groups in total. The molecule has 0 saturated carbocycles. The third-order valence-corrected chi connectivity index (χ3v) is 3.73. The fourth-order valence-electron chi connectivity index (χ4n) is 1.72. The number of nitrogens with zero attached hydrogens (tertiary/aromatic N) is 2. The Kier molecular flexibility index (Phi) is 4.30. The van der Waals surface area contributed by atoms with Gasteiger partial charge in [-0.3, -0.25) is 4.79 Å². The normalized spacial score (nSPS) is 11.4. The summed E-state index contributed by atoms with van der Waals surface area (Å²) in [4.78, 5) is 27.9. The van der Waals surface area contributed by atoms with Crippen LogP contribution in [0.5, 0.6) is 0 Å². The van der Waals surface area contributed by atoms with Crippen LogP contribution in [0.4, 0.5) is 0 Å². The third-order valence-electron chi connectivity index (χ3n) is 2.79. The molecule has 106 valence electrons. The number of aryl methyl sites for hydroxylation is 1. The van der Waals surface area contributed by atoms with E-state index in [1.165, 1.54) is 23.5 Å². The summed E-state index contributed by atoms with van der Waals surface area (Å²) >= 11 is 1.25. The zero-order valence-electron chi connectivity index (χ0n) is 11.0. The van der Waals surface area contributed by atoms with Gasteiger partial charge >= 0.3 is 5.97 Å². The average Bonchev–Trinajstić information content (AvgIpc) is 2.97. The Hall–Kier alpha value is -2.72. The Balaban J connectivity index is 2.22. The van der Waals surface area contributed by atoms with Crippen LogP contribution in [0.15, 0.2) is 29.6 Å². The maximum atomic E-state index is 12.1. The third kappa shape index (κ3) is 3.24. The predicted octanol–water partition coefficient (Wildman–Crippen LogP) is 1.88. The van der Waals surface area contributed by atoms with Crippen LogP contribution in [-0.4, -0.2) is 22.0 Å². The van der Waals surface area contributed by atoms with E-state index in [1.54, 1.807) is 24.4 Å². The second kappa shape index (κ2) is 6.15. The number of pyridine rings is 1. The summed E-state index contributed by atoms with van der Waals surface area (Å²) < 4.78 is 0. The highest BCUT2D eigenvalue weighted by Crippen LogP contribution is 2.19. The zero-order valence-corrected chi connectivity index (χ0v) is 11.8. The van der Waals surface area contributed by atoms with Crippen LogP contribution in [0.25, 0.3) is 0 Å². The zero-order chi connectivity index (χ0) is 15.4. The molecule has 6 nitrogen and oxygen atoms in total. The smallest absolute Gasteiger partial charge is 0.331 e. The van der Waals surface area contributed by atoms with Crippen molar-refractivity contribution < 1.29 is 14.7 Å². The molecule has 0 fully saturated rings. The Morgan fingerprint density at radius 3 is 2.71 bits per heavy atom. The van der Waals surface area contributed by atoms with Crippen molar-refractivity contribution >= 4 is 23.2 Å². The molecule has 0 aliphatic heterocycles. The summed E-state index contributed by atoms with van der Waals surface area (Å²) in [5.41, 5.74) is 0.877. The van der Waals surface area contributed by atoms with E-state index < -0.39 is 17.9 Å². The molecular weight excluding hydrogens is 290 g/mol. The molecule has 21 heavy (non-hydrogen) atoms. The monoisotopic (exact) mass is 301 g/mol. The number of carboxylic acids is 1. The largest absolute Gasteiger partial charge is 0.479 e. The van der Waals surface area contributed by atoms with E-state index >= 15 is 0 Å². The number of amides is 1. The minimum Gasteiger partial charge on any atom is -0.479 e. The first-order valence-corrected chi connectivity index (χ1v) is 6.85. The molecule has 2 rings (SSSR count). The topological polar surface area (TPSA) is 103 Å². The van der Waals surface area contributed by atoms with Crippen molar-refractivity contribution in [2.75, 3.05) is 0 Å². The van der Waals surface area contributed by atoms with Crippen LogP contribution in [0, 0.1) is 18.3 Å². The Morgan fingerprint density at radius 2 is 2.19 bits per heavy atom. The summed E-state index contributed by atoms with van der Waals surface area (Å²) in [6.07, 6.45) is 0. The van der Waals surface area contributed by atoms with E-state index in [2.05, 4.69) is 10.3 Å². The molecule has 7 heteroatoms. The molecule has 1 atom stereocenters. The number of carbonyl (C=O) groups excluding carboxylic acids is 1. The molecular formula is C14H11N3O3S. The number of aliphatic carboxylic acids is 1. The van der Waals surface area contributed by atoms with Crippen molar-refractivity contribution in [2.45, 2.75) is 13.0 Å². The van der Waals surface area contributed by atoms with Crippen molar-refractivity contribution in [3.05, 3.63) is 51.5 Å². The highest BCUT2D eigenvalue weighted by molar-refractivity contribution is 7.10. The number of hydrogen-bond acceptors (Lipinski definition) is 5. The van der Waals surface area contributed by atoms with Gasteiger partial charge in [-0.2, -0.15) is 5.26 Å². The molecule has 1 unspecified atom stereocenters. The van der Waals surface area contributed by atoms with E-state index in [0.29, 0.717) is 16.1 Å². The molecule has 0 saturated heterocycles. The molecule has 1 amide bonds. The number of aromatic nitrogens is 1. The van der Waals surface area contributed by atoms with Gasteiger partial charge in [0.05, 0.1) is 11.3 Å². The number of nitriles is 1. The van der Waals surface area contributed by atoms with Crippen LogP contribution in [0.2, 0.25) is 0 Å². The first kappa shape index (κ1) is 14.7. The fraction of sp³-hybridized carbons (Fsp3) is 0.143. The Labute approximate surface area is 124 Å². The lowest BCUT2D eigenvalue weighted by molar-refractivity contribution is -0.139. The molecule has 0 aromatic carbocycles. The number of hydrogen-bond donors (Lipinski definition) is 2. The van der Waals surface area contributed by atoms with Crippen molar-refractivity contribution in [1.82, 2.24) is 10.3 Å². The van der Waals surface area contributed by atoms with E-state index in [1.807, 2.05) is 6.07 Å². The molecule has 0 radical (unpaired) electrons. The van der Waals surface area contributed by atoms with Crippen LogP contribution in [0.1, 0.15) is 32.7 Å². The lowest BCUT2D eigenvalue weighted by Gasteiger charge is -2.12. The van der Waals surface area contributed by atoms with E-state index in [9.17, 15) is 14.7 Å². The van der Waals surface area contributed by atoms with Crippen LogP contribution < -0.4 is 5.32 Å². The highest BCUT2D eigenvalue weighted by atomic mass is 32.1. The van der Waals surface area contributed by atoms with Gasteiger partial charge in [0, 0.05) is 4.88 Å². The molecule has 0 aliphatic carbocycles. The molecule has 0 bridgehead atoms. The second-order valence-electron chi connectivity index (χ2n) is 4.20. The van der Waals surface area contributed by atoms with Gasteiger partial charge in [0.2, 0.25) is 0 Å². The molecule has 2 aromatic rings. The van der Waals surface area contributed by atoms with Crippen molar-refractivity contribution in [1.29, 1.82) is 5.26 Å². The summed E-state index contributed by atoms with van der Waals surface area (Å²) in [5, 5.41) is 22.2. The van der Waals surface area contributed by atoms with Gasteiger partial charge in [0.25, 0.3) is 5.91 Å². The summed E-state index contributed by atoms with van der Waals surface area (Å²) in [6.45, 7) is 1.61. The van der Waals surface area contributed by atoms with Gasteiger partial charge in [-0.15, -0.1) is 11.3 Å². The molecule has 2 heterocycles. The Bertz CT molecular complexity index is 720. The van der Waals surface area contributed by atoms with Crippen molar-refractivity contribution in [2.24, 2.45) is 0 Å². The maximum Gasteiger partial charge on any atom is 0.331 e. The predicted molar refractivity (Wildman–Crippen MR) is 75.9 cm³/mol. The number of rotatable bonds is 4. The number of nitrogens with one attached hydrogen (secondary N) is 1. The van der Waals surface area contributed by atoms with Gasteiger partial charge in [0.1, 0.15) is 11.8 Å². The van der Waals surface area contributed by atoms with Crippen LogP contribution in [0.3, 0.4) is 0 Å². The summed E-state index contributed by atoms with van der Waals surface area (Å²) in [6, 6.07) is 7.08. The summed E-state index contributed by atoms with van der Waals surface area (Å²) in [5.74, 6) is -1.74. The molecule has 0 aliphatic rings. The van der Waals surface area contributed by atoms with Gasteiger partial charge in [-0.1, -0.05) is 6.07 Å². The van der Waals surface area contributed by atoms with Gasteiger partial charge in [-0.25, -0.2) is 9.78 Å². The van der Waals surface area contributed by atoms with Crippen molar-refractivity contribution in [3.8, 4) is 6.07 Å². The van der Waals surface area contributed by atoms with Gasteiger partial charge < -0.3 is 10.4 Å². The first-order chi connectivity index (χ1) is 10.0. The standard InChI is InChI=1S/C14H11N3O3S/c1-8-9(7-15)4-5-10(16-8)13(18)17-12(14(19)20)11-3-2-6-21-11/h2-6,12H,1H3,(H,17,18)(H,19,20). The lowest BCUT2D eigenvalue weighted by Crippen LogP contribution is -2.33. The van der Waals surface area contributed by atoms with E-state index in [0.717, 1.165) is 0 Å². The minimum absolute atomic E-state index is 0.0781. The van der Waals surface area contributed by atoms with Crippen LogP contribution in [-0.2, 0) is 4.79 Å². The van der Waals surface area contributed by atoms with Gasteiger partial charge in [0.15, 0.2) is 6.04 Å². The molecule has 0 spiro atoms. The quantitative estimate of drug-likeness (QED) is 0.897. The highest BCUT2D eigenvalue weighted by Gasteiger charge is 2.24. The second-order valence-corrected chi connectivity index (χ2v) is 5.18.